The quantitative estimate of drug-likeness (QED) is 0.698. The molecule has 0 bridgehead atoms. The lowest BCUT2D eigenvalue weighted by molar-refractivity contribution is 0.340. The van der Waals surface area contributed by atoms with Crippen molar-refractivity contribution < 1.29 is 8.62 Å². The number of rotatable bonds is 5. The maximum atomic E-state index is 11.7. The van der Waals surface area contributed by atoms with E-state index in [9.17, 15) is 3.89 Å². The molecule has 0 saturated carbocycles. The van der Waals surface area contributed by atoms with Crippen LogP contribution in [0.1, 0.15) is 26.3 Å². The van der Waals surface area contributed by atoms with Crippen LogP contribution in [0.4, 0.5) is 3.89 Å². The molecule has 0 atom stereocenters. The average molecular weight is 230 g/mol. The lowest BCUT2D eigenvalue weighted by Gasteiger charge is -2.08. The number of halogens is 1. The van der Waals surface area contributed by atoms with Crippen molar-refractivity contribution in [2.75, 3.05) is 12.4 Å². The summed E-state index contributed by atoms with van der Waals surface area (Å²) in [5.41, 5.74) is 1.17. The number of hydrogen-bond donors (Lipinski definition) is 0. The molecule has 0 aliphatic heterocycles. The van der Waals surface area contributed by atoms with Crippen LogP contribution in [0.25, 0.3) is 0 Å². The molecule has 0 heterocycles. The highest BCUT2D eigenvalue weighted by Crippen LogP contribution is 2.18. The second-order valence-electron chi connectivity index (χ2n) is 2.62. The minimum Gasteiger partial charge on any atom is -0.492 e. The molecule has 3 heteroatoms. The van der Waals surface area contributed by atoms with Gasteiger partial charge in [0, 0.05) is 12.1 Å². The molecule has 1 aromatic rings. The first-order valence-electron chi connectivity index (χ1n) is 5.32. The van der Waals surface area contributed by atoms with E-state index >= 15 is 0 Å². The van der Waals surface area contributed by atoms with Crippen molar-refractivity contribution in [2.45, 2.75) is 27.2 Å². The van der Waals surface area contributed by atoms with Crippen molar-refractivity contribution in [1.82, 2.24) is 0 Å². The Labute approximate surface area is 96.3 Å². The molecule has 0 unspecified atom stereocenters. The zero-order valence-corrected chi connectivity index (χ0v) is 10.4. The molecule has 0 amide bonds. The van der Waals surface area contributed by atoms with E-state index < -0.39 is 0 Å². The van der Waals surface area contributed by atoms with Gasteiger partial charge >= 0.3 is 0 Å². The van der Waals surface area contributed by atoms with E-state index in [1.165, 1.54) is 5.56 Å². The standard InChI is InChI=1S/C10H13FOS.C2H6/c1-2-9-5-3-4-6-10(9)12-7-8-13-11;1-2/h3-6H,2,7-8H2,1H3;1-2H3. The van der Waals surface area contributed by atoms with Crippen LogP contribution >= 0.6 is 12.1 Å². The van der Waals surface area contributed by atoms with Gasteiger partial charge < -0.3 is 4.74 Å². The maximum absolute atomic E-state index is 11.7. The fraction of sp³-hybridized carbons (Fsp3) is 0.500. The molecule has 0 saturated heterocycles. The van der Waals surface area contributed by atoms with Gasteiger partial charge in [-0.3, -0.25) is 0 Å². The first-order valence-corrected chi connectivity index (χ1v) is 6.21. The van der Waals surface area contributed by atoms with Crippen molar-refractivity contribution in [3.05, 3.63) is 29.8 Å². The largest absolute Gasteiger partial charge is 0.492 e. The van der Waals surface area contributed by atoms with Gasteiger partial charge in [-0.25, -0.2) is 0 Å². The molecule has 15 heavy (non-hydrogen) atoms. The average Bonchev–Trinajstić information content (AvgIpc) is 2.33. The number of ether oxygens (including phenoxy) is 1. The molecule has 0 fully saturated rings. The van der Waals surface area contributed by atoms with Gasteiger partial charge in [-0.2, -0.15) is 3.89 Å². The van der Waals surface area contributed by atoms with Gasteiger partial charge in [0.25, 0.3) is 0 Å². The fourth-order valence-electron chi connectivity index (χ4n) is 1.12. The number of hydrogen-bond acceptors (Lipinski definition) is 2. The summed E-state index contributed by atoms with van der Waals surface area (Å²) in [4.78, 5) is 0. The van der Waals surface area contributed by atoms with E-state index in [2.05, 4.69) is 6.92 Å². The Morgan fingerprint density at radius 1 is 1.27 bits per heavy atom. The van der Waals surface area contributed by atoms with E-state index in [1.807, 2.05) is 38.1 Å². The minimum absolute atomic E-state index is 0.309. The van der Waals surface area contributed by atoms with Crippen LogP contribution in [-0.4, -0.2) is 12.4 Å². The van der Waals surface area contributed by atoms with Gasteiger partial charge in [-0.1, -0.05) is 39.0 Å². The normalized spacial score (nSPS) is 9.07. The topological polar surface area (TPSA) is 9.23 Å². The third kappa shape index (κ3) is 5.67. The zero-order chi connectivity index (χ0) is 11.5. The van der Waals surface area contributed by atoms with E-state index in [1.54, 1.807) is 0 Å². The summed E-state index contributed by atoms with van der Waals surface area (Å²) < 4.78 is 17.1. The maximum Gasteiger partial charge on any atom is 0.122 e. The van der Waals surface area contributed by atoms with Crippen LogP contribution in [0.15, 0.2) is 24.3 Å². The third-order valence-electron chi connectivity index (χ3n) is 1.77. The molecule has 0 aliphatic rings. The van der Waals surface area contributed by atoms with Crippen LogP contribution in [0.5, 0.6) is 5.75 Å². The fourth-order valence-corrected chi connectivity index (χ4v) is 1.27. The third-order valence-corrected chi connectivity index (χ3v) is 2.09. The highest BCUT2D eigenvalue weighted by Gasteiger charge is 1.99. The van der Waals surface area contributed by atoms with E-state index in [-0.39, 0.29) is 0 Å². The number of aryl methyl sites for hydroxylation is 1. The van der Waals surface area contributed by atoms with Gasteiger partial charge in [0.2, 0.25) is 0 Å². The molecule has 86 valence electrons. The summed E-state index contributed by atoms with van der Waals surface area (Å²) in [6.45, 7) is 6.50. The van der Waals surface area contributed by atoms with Crippen LogP contribution in [0, 0.1) is 0 Å². The SMILES string of the molecule is CC.CCc1ccccc1OCCSF. The highest BCUT2D eigenvalue weighted by molar-refractivity contribution is 7.94. The van der Waals surface area contributed by atoms with E-state index in [0.29, 0.717) is 24.5 Å². The molecule has 0 aliphatic carbocycles. The Morgan fingerprint density at radius 3 is 2.53 bits per heavy atom. The van der Waals surface area contributed by atoms with Crippen LogP contribution in [0.2, 0.25) is 0 Å². The number of benzene rings is 1. The molecule has 0 N–H and O–H groups in total. The smallest absolute Gasteiger partial charge is 0.122 e. The van der Waals surface area contributed by atoms with Gasteiger partial charge in [0.15, 0.2) is 0 Å². The predicted molar refractivity (Wildman–Crippen MR) is 66.2 cm³/mol. The van der Waals surface area contributed by atoms with Crippen LogP contribution < -0.4 is 4.74 Å². The molecule has 0 radical (unpaired) electrons. The predicted octanol–water partition coefficient (Wildman–Crippen LogP) is 4.27. The first kappa shape index (κ1) is 14.3. The van der Waals surface area contributed by atoms with Crippen LogP contribution in [0.3, 0.4) is 0 Å². The Bertz CT molecular complexity index is 253. The van der Waals surface area contributed by atoms with E-state index in [0.717, 1.165) is 12.2 Å². The minimum atomic E-state index is 0.309. The Kier molecular flexibility index (Phi) is 9.38. The molecule has 0 aromatic heterocycles. The summed E-state index contributed by atoms with van der Waals surface area (Å²) in [6, 6.07) is 7.85. The lowest BCUT2D eigenvalue weighted by Crippen LogP contribution is -2.01. The summed E-state index contributed by atoms with van der Waals surface area (Å²) >= 11 is 0.309. The highest BCUT2D eigenvalue weighted by atomic mass is 32.2. The van der Waals surface area contributed by atoms with Gasteiger partial charge in [-0.05, 0) is 18.1 Å². The Hall–Kier alpha value is -0.700. The van der Waals surface area contributed by atoms with Gasteiger partial charge in [0.1, 0.15) is 5.75 Å². The van der Waals surface area contributed by atoms with Gasteiger partial charge in [0.05, 0.1) is 12.4 Å². The zero-order valence-electron chi connectivity index (χ0n) is 9.63. The monoisotopic (exact) mass is 230 g/mol. The van der Waals surface area contributed by atoms with Crippen molar-refractivity contribution in [1.29, 1.82) is 0 Å². The van der Waals surface area contributed by atoms with Crippen LogP contribution in [-0.2, 0) is 6.42 Å². The summed E-state index contributed by atoms with van der Waals surface area (Å²) in [7, 11) is 0. The number of para-hydroxylation sites is 1. The Morgan fingerprint density at radius 2 is 1.93 bits per heavy atom. The molecular weight excluding hydrogens is 211 g/mol. The first-order chi connectivity index (χ1) is 7.38. The van der Waals surface area contributed by atoms with E-state index in [4.69, 9.17) is 4.74 Å². The molecule has 1 rings (SSSR count). The van der Waals surface area contributed by atoms with Crippen molar-refractivity contribution in [2.24, 2.45) is 0 Å². The van der Waals surface area contributed by atoms with Gasteiger partial charge in [-0.15, -0.1) is 0 Å². The summed E-state index contributed by atoms with van der Waals surface area (Å²) in [5.74, 6) is 1.26. The summed E-state index contributed by atoms with van der Waals surface area (Å²) in [6.07, 6.45) is 0.943. The molecule has 1 nitrogen and oxygen atoms in total. The molecular formula is C12H19FOS. The summed E-state index contributed by atoms with van der Waals surface area (Å²) in [5, 5.41) is 0. The molecule has 1 aromatic carbocycles. The Balaban J connectivity index is 0.000000921. The second kappa shape index (κ2) is 9.84. The second-order valence-corrected chi connectivity index (χ2v) is 3.25. The van der Waals surface area contributed by atoms with Crippen molar-refractivity contribution in [3.63, 3.8) is 0 Å². The lowest BCUT2D eigenvalue weighted by atomic mass is 10.1. The van der Waals surface area contributed by atoms with Crippen molar-refractivity contribution >= 4 is 12.1 Å². The molecule has 0 spiro atoms. The van der Waals surface area contributed by atoms with Crippen molar-refractivity contribution in [3.8, 4) is 5.75 Å².